The summed E-state index contributed by atoms with van der Waals surface area (Å²) in [6.45, 7) is 3.39. The zero-order chi connectivity index (χ0) is 16.4. The van der Waals surface area contributed by atoms with Crippen molar-refractivity contribution in [1.29, 1.82) is 0 Å². The number of hydrogen-bond donors (Lipinski definition) is 1. The molecule has 1 saturated heterocycles. The SMILES string of the molecule is Cc1cc(S(=O)(=O)Nc2ccc(N3CCCC3)nn2)ccc1F. The van der Waals surface area contributed by atoms with Gasteiger partial charge in [0.15, 0.2) is 11.6 Å². The van der Waals surface area contributed by atoms with Gasteiger partial charge in [0.1, 0.15) is 5.82 Å². The molecule has 1 aromatic heterocycles. The van der Waals surface area contributed by atoms with E-state index in [-0.39, 0.29) is 16.3 Å². The molecule has 23 heavy (non-hydrogen) atoms. The van der Waals surface area contributed by atoms with Crippen molar-refractivity contribution in [3.63, 3.8) is 0 Å². The van der Waals surface area contributed by atoms with Crippen LogP contribution in [0, 0.1) is 12.7 Å². The number of rotatable bonds is 4. The van der Waals surface area contributed by atoms with E-state index in [1.54, 1.807) is 12.1 Å². The van der Waals surface area contributed by atoms with E-state index < -0.39 is 15.8 Å². The van der Waals surface area contributed by atoms with Crippen molar-refractivity contribution in [2.24, 2.45) is 0 Å². The Morgan fingerprint density at radius 3 is 2.48 bits per heavy atom. The van der Waals surface area contributed by atoms with Gasteiger partial charge in [-0.25, -0.2) is 12.8 Å². The molecule has 1 fully saturated rings. The fourth-order valence-corrected chi connectivity index (χ4v) is 3.56. The number of nitrogens with one attached hydrogen (secondary N) is 1. The van der Waals surface area contributed by atoms with Gasteiger partial charge in [-0.05, 0) is 55.7 Å². The Morgan fingerprint density at radius 2 is 1.87 bits per heavy atom. The van der Waals surface area contributed by atoms with Crippen LogP contribution >= 0.6 is 0 Å². The van der Waals surface area contributed by atoms with Crippen molar-refractivity contribution >= 4 is 21.7 Å². The molecule has 0 unspecified atom stereocenters. The molecule has 8 heteroatoms. The van der Waals surface area contributed by atoms with Crippen molar-refractivity contribution in [2.75, 3.05) is 22.7 Å². The fraction of sp³-hybridized carbons (Fsp3) is 0.333. The van der Waals surface area contributed by atoms with Gasteiger partial charge in [-0.15, -0.1) is 10.2 Å². The number of nitrogens with zero attached hydrogens (tertiary/aromatic N) is 3. The van der Waals surface area contributed by atoms with Gasteiger partial charge in [0.2, 0.25) is 0 Å². The summed E-state index contributed by atoms with van der Waals surface area (Å²) in [5.74, 6) is 0.428. The predicted octanol–water partition coefficient (Wildman–Crippen LogP) is 2.33. The Labute approximate surface area is 134 Å². The van der Waals surface area contributed by atoms with Gasteiger partial charge in [-0.1, -0.05) is 0 Å². The lowest BCUT2D eigenvalue weighted by Gasteiger charge is -2.15. The molecule has 1 aliphatic heterocycles. The number of hydrogen-bond acceptors (Lipinski definition) is 5. The number of aryl methyl sites for hydroxylation is 1. The van der Waals surface area contributed by atoms with Crippen LogP contribution in [0.5, 0.6) is 0 Å². The molecular formula is C15H17FN4O2S. The monoisotopic (exact) mass is 336 g/mol. The van der Waals surface area contributed by atoms with Gasteiger partial charge >= 0.3 is 0 Å². The van der Waals surface area contributed by atoms with Crippen LogP contribution in [0.15, 0.2) is 35.2 Å². The first-order chi connectivity index (χ1) is 11.0. The van der Waals surface area contributed by atoms with E-state index in [4.69, 9.17) is 0 Å². The Hall–Kier alpha value is -2.22. The molecule has 0 radical (unpaired) electrons. The van der Waals surface area contributed by atoms with Gasteiger partial charge in [0, 0.05) is 13.1 Å². The number of sulfonamides is 1. The molecule has 0 bridgehead atoms. The molecule has 2 heterocycles. The predicted molar refractivity (Wildman–Crippen MR) is 85.4 cm³/mol. The van der Waals surface area contributed by atoms with Crippen LogP contribution in [0.4, 0.5) is 16.0 Å². The highest BCUT2D eigenvalue weighted by Gasteiger charge is 2.18. The Morgan fingerprint density at radius 1 is 1.13 bits per heavy atom. The molecule has 1 N–H and O–H groups in total. The minimum Gasteiger partial charge on any atom is -0.355 e. The molecule has 0 aliphatic carbocycles. The quantitative estimate of drug-likeness (QED) is 0.927. The summed E-state index contributed by atoms with van der Waals surface area (Å²) in [4.78, 5) is 2.09. The topological polar surface area (TPSA) is 75.2 Å². The molecular weight excluding hydrogens is 319 g/mol. The van der Waals surface area contributed by atoms with E-state index in [2.05, 4.69) is 19.8 Å². The van der Waals surface area contributed by atoms with E-state index in [0.29, 0.717) is 0 Å². The number of anilines is 2. The van der Waals surface area contributed by atoms with E-state index in [1.165, 1.54) is 19.1 Å². The number of aromatic nitrogens is 2. The van der Waals surface area contributed by atoms with E-state index in [9.17, 15) is 12.8 Å². The molecule has 1 aliphatic rings. The van der Waals surface area contributed by atoms with Crippen molar-refractivity contribution < 1.29 is 12.8 Å². The molecule has 2 aromatic rings. The van der Waals surface area contributed by atoms with Crippen LogP contribution in [0.1, 0.15) is 18.4 Å². The van der Waals surface area contributed by atoms with Crippen LogP contribution in [-0.4, -0.2) is 31.7 Å². The van der Waals surface area contributed by atoms with Crippen LogP contribution in [0.25, 0.3) is 0 Å². The van der Waals surface area contributed by atoms with Crippen molar-refractivity contribution in [3.8, 4) is 0 Å². The highest BCUT2D eigenvalue weighted by Crippen LogP contribution is 2.20. The maximum absolute atomic E-state index is 13.3. The maximum atomic E-state index is 13.3. The van der Waals surface area contributed by atoms with Gasteiger partial charge in [-0.2, -0.15) is 0 Å². The Balaban J connectivity index is 1.78. The second kappa shape index (κ2) is 6.11. The number of benzene rings is 1. The van der Waals surface area contributed by atoms with Crippen molar-refractivity contribution in [2.45, 2.75) is 24.7 Å². The molecule has 6 nitrogen and oxygen atoms in total. The molecule has 122 valence electrons. The smallest absolute Gasteiger partial charge is 0.263 e. The Bertz CT molecular complexity index is 803. The van der Waals surface area contributed by atoms with Crippen LogP contribution in [0.3, 0.4) is 0 Å². The molecule has 0 spiro atoms. The third-order valence-corrected chi connectivity index (χ3v) is 5.11. The van der Waals surface area contributed by atoms with Gasteiger partial charge in [0.05, 0.1) is 4.90 Å². The zero-order valence-electron chi connectivity index (χ0n) is 12.7. The van der Waals surface area contributed by atoms with Crippen molar-refractivity contribution in [1.82, 2.24) is 10.2 Å². The molecule has 0 saturated carbocycles. The first-order valence-electron chi connectivity index (χ1n) is 7.33. The lowest BCUT2D eigenvalue weighted by atomic mass is 10.2. The summed E-state index contributed by atoms with van der Waals surface area (Å²) in [7, 11) is -3.82. The van der Waals surface area contributed by atoms with E-state index in [0.717, 1.165) is 37.8 Å². The molecule has 0 amide bonds. The first kappa shape index (κ1) is 15.7. The lowest BCUT2D eigenvalue weighted by Crippen LogP contribution is -2.20. The van der Waals surface area contributed by atoms with Crippen molar-refractivity contribution in [3.05, 3.63) is 41.7 Å². The standard InChI is InChI=1S/C15H17FN4O2S/c1-11-10-12(4-5-13(11)16)23(21,22)19-14-6-7-15(18-17-14)20-8-2-3-9-20/h4-7,10H,2-3,8-9H2,1H3,(H,17,19). The second-order valence-corrected chi connectivity index (χ2v) is 7.17. The average molecular weight is 336 g/mol. The lowest BCUT2D eigenvalue weighted by molar-refractivity contribution is 0.598. The third-order valence-electron chi connectivity index (χ3n) is 3.76. The molecule has 3 rings (SSSR count). The summed E-state index contributed by atoms with van der Waals surface area (Å²) in [5, 5.41) is 7.98. The van der Waals surface area contributed by atoms with Gasteiger partial charge in [-0.3, -0.25) is 4.72 Å². The summed E-state index contributed by atoms with van der Waals surface area (Å²) >= 11 is 0. The minimum absolute atomic E-state index is 0.0122. The zero-order valence-corrected chi connectivity index (χ0v) is 13.5. The third kappa shape index (κ3) is 3.42. The van der Waals surface area contributed by atoms with Gasteiger partial charge in [0.25, 0.3) is 10.0 Å². The van der Waals surface area contributed by atoms with Crippen LogP contribution in [0.2, 0.25) is 0 Å². The summed E-state index contributed by atoms with van der Waals surface area (Å²) in [5.41, 5.74) is 0.267. The molecule has 0 atom stereocenters. The summed E-state index contributed by atoms with van der Waals surface area (Å²) in [6, 6.07) is 6.95. The highest BCUT2D eigenvalue weighted by molar-refractivity contribution is 7.92. The first-order valence-corrected chi connectivity index (χ1v) is 8.82. The Kier molecular flexibility index (Phi) is 4.16. The van der Waals surface area contributed by atoms with E-state index in [1.807, 2.05) is 0 Å². The largest absolute Gasteiger partial charge is 0.355 e. The normalized spacial score (nSPS) is 15.0. The van der Waals surface area contributed by atoms with Crippen LogP contribution < -0.4 is 9.62 Å². The number of halogens is 1. The highest BCUT2D eigenvalue weighted by atomic mass is 32.2. The summed E-state index contributed by atoms with van der Waals surface area (Å²) < 4.78 is 40.2. The average Bonchev–Trinajstić information content (AvgIpc) is 3.04. The van der Waals surface area contributed by atoms with Crippen LogP contribution in [-0.2, 0) is 10.0 Å². The fourth-order valence-electron chi connectivity index (χ4n) is 2.48. The maximum Gasteiger partial charge on any atom is 0.263 e. The van der Waals surface area contributed by atoms with Gasteiger partial charge < -0.3 is 4.90 Å². The minimum atomic E-state index is -3.82. The molecule has 1 aromatic carbocycles. The second-order valence-electron chi connectivity index (χ2n) is 5.49. The van der Waals surface area contributed by atoms with E-state index >= 15 is 0 Å². The summed E-state index contributed by atoms with van der Waals surface area (Å²) in [6.07, 6.45) is 2.25.